The van der Waals surface area contributed by atoms with Crippen molar-refractivity contribution in [2.24, 2.45) is 0 Å². The van der Waals surface area contributed by atoms with Gasteiger partial charge in [-0.2, -0.15) is 0 Å². The summed E-state index contributed by atoms with van der Waals surface area (Å²) < 4.78 is 21.0. The molecule has 3 aromatic rings. The van der Waals surface area contributed by atoms with Gasteiger partial charge in [0.1, 0.15) is 23.7 Å². The van der Waals surface area contributed by atoms with Crippen molar-refractivity contribution < 1.29 is 13.9 Å². The average molecular weight is 365 g/mol. The van der Waals surface area contributed by atoms with Crippen LogP contribution < -0.4 is 10.1 Å². The minimum atomic E-state index is -0.311. The number of hydrogen-bond donors (Lipinski definition) is 1. The quantitative estimate of drug-likeness (QED) is 0.751. The minimum absolute atomic E-state index is 0.0276. The lowest BCUT2D eigenvalue weighted by Crippen LogP contribution is -2.25. The van der Waals surface area contributed by atoms with E-state index in [2.05, 4.69) is 10.3 Å². The molecule has 0 radical (unpaired) electrons. The predicted molar refractivity (Wildman–Crippen MR) is 101 cm³/mol. The van der Waals surface area contributed by atoms with Crippen molar-refractivity contribution in [1.29, 1.82) is 0 Å². The van der Waals surface area contributed by atoms with Crippen LogP contribution in [0.4, 0.5) is 10.2 Å². The van der Waals surface area contributed by atoms with E-state index < -0.39 is 0 Å². The average Bonchev–Trinajstić information content (AvgIpc) is 3.05. The highest BCUT2D eigenvalue weighted by Crippen LogP contribution is 2.40. The Morgan fingerprint density at radius 2 is 1.93 bits per heavy atom. The lowest BCUT2D eigenvalue weighted by Gasteiger charge is -2.25. The molecule has 138 valence electrons. The highest BCUT2D eigenvalue weighted by atomic mass is 19.1. The molecule has 0 fully saturated rings. The molecular formula is C21H20FN3O2. The number of ether oxygens (including phenoxy) is 1. The van der Waals surface area contributed by atoms with E-state index >= 15 is 0 Å². The standard InChI is InChI=1S/C21H20FN3O2/c1-13(2)27-18-6-4-3-5-16(18)17-11-19(26)24-21-20(17)23-12-25(21)15-9-7-14(22)8-10-15/h3-10,12-13,17H,11H2,1-2H3,(H,24,26)/t17-/m1/s1. The summed E-state index contributed by atoms with van der Waals surface area (Å²) in [6, 6.07) is 13.8. The number of carbonyl (C=O) groups excluding carboxylic acids is 1. The Hall–Kier alpha value is -3.15. The summed E-state index contributed by atoms with van der Waals surface area (Å²) >= 11 is 0. The van der Waals surface area contributed by atoms with E-state index in [4.69, 9.17) is 4.74 Å². The monoisotopic (exact) mass is 365 g/mol. The largest absolute Gasteiger partial charge is 0.491 e. The third-order valence-corrected chi connectivity index (χ3v) is 4.54. The van der Waals surface area contributed by atoms with Crippen molar-refractivity contribution >= 4 is 11.7 Å². The highest BCUT2D eigenvalue weighted by Gasteiger charge is 2.32. The van der Waals surface area contributed by atoms with Crippen LogP contribution in [-0.2, 0) is 4.79 Å². The zero-order chi connectivity index (χ0) is 19.0. The molecule has 1 atom stereocenters. The van der Waals surface area contributed by atoms with Gasteiger partial charge in [-0.3, -0.25) is 9.36 Å². The second-order valence-corrected chi connectivity index (χ2v) is 6.83. The summed E-state index contributed by atoms with van der Waals surface area (Å²) in [6.07, 6.45) is 1.98. The van der Waals surface area contributed by atoms with Crippen molar-refractivity contribution in [3.63, 3.8) is 0 Å². The lowest BCUT2D eigenvalue weighted by molar-refractivity contribution is -0.116. The molecule has 1 aliphatic rings. The van der Waals surface area contributed by atoms with E-state index in [0.717, 1.165) is 22.7 Å². The number of para-hydroxylation sites is 1. The number of anilines is 1. The van der Waals surface area contributed by atoms with Gasteiger partial charge < -0.3 is 10.1 Å². The fraction of sp³-hybridized carbons (Fsp3) is 0.238. The Morgan fingerprint density at radius 1 is 1.19 bits per heavy atom. The molecular weight excluding hydrogens is 345 g/mol. The molecule has 5 nitrogen and oxygen atoms in total. The SMILES string of the molecule is CC(C)Oc1ccccc1[C@H]1CC(=O)Nc2c1ncn2-c1ccc(F)cc1. The number of fused-ring (bicyclic) bond motifs is 1. The summed E-state index contributed by atoms with van der Waals surface area (Å²) in [5, 5.41) is 2.91. The predicted octanol–water partition coefficient (Wildman–Crippen LogP) is 4.27. The molecule has 0 spiro atoms. The summed E-state index contributed by atoms with van der Waals surface area (Å²) in [7, 11) is 0. The van der Waals surface area contributed by atoms with Crippen molar-refractivity contribution in [1.82, 2.24) is 9.55 Å². The molecule has 0 saturated heterocycles. The van der Waals surface area contributed by atoms with Gasteiger partial charge in [-0.25, -0.2) is 9.37 Å². The van der Waals surface area contributed by atoms with E-state index in [-0.39, 0.29) is 23.7 Å². The molecule has 1 aliphatic heterocycles. The minimum Gasteiger partial charge on any atom is -0.491 e. The van der Waals surface area contributed by atoms with Gasteiger partial charge in [0.25, 0.3) is 0 Å². The molecule has 0 unspecified atom stereocenters. The third-order valence-electron chi connectivity index (χ3n) is 4.54. The van der Waals surface area contributed by atoms with Gasteiger partial charge in [0.05, 0.1) is 11.8 Å². The number of halogens is 1. The Bertz CT molecular complexity index is 979. The number of carbonyl (C=O) groups is 1. The van der Waals surface area contributed by atoms with Crippen LogP contribution in [0.15, 0.2) is 54.9 Å². The normalized spacial score (nSPS) is 16.1. The molecule has 4 rings (SSSR count). The summed E-state index contributed by atoms with van der Waals surface area (Å²) in [6.45, 7) is 3.94. The van der Waals surface area contributed by atoms with E-state index in [1.807, 2.05) is 38.1 Å². The first kappa shape index (κ1) is 17.3. The number of aromatic nitrogens is 2. The topological polar surface area (TPSA) is 56.1 Å². The molecule has 1 amide bonds. The number of rotatable bonds is 4. The van der Waals surface area contributed by atoms with Crippen LogP contribution in [0, 0.1) is 5.82 Å². The molecule has 0 aliphatic carbocycles. The lowest BCUT2D eigenvalue weighted by atomic mass is 9.89. The number of nitrogens with one attached hydrogen (secondary N) is 1. The maximum atomic E-state index is 13.3. The Morgan fingerprint density at radius 3 is 2.67 bits per heavy atom. The zero-order valence-corrected chi connectivity index (χ0v) is 15.1. The van der Waals surface area contributed by atoms with Crippen molar-refractivity contribution in [3.8, 4) is 11.4 Å². The fourth-order valence-electron chi connectivity index (χ4n) is 3.39. The van der Waals surface area contributed by atoms with E-state index in [1.165, 1.54) is 12.1 Å². The molecule has 1 aromatic heterocycles. The first-order valence-corrected chi connectivity index (χ1v) is 8.91. The van der Waals surface area contributed by atoms with E-state index in [0.29, 0.717) is 12.2 Å². The van der Waals surface area contributed by atoms with Gasteiger partial charge in [0.15, 0.2) is 0 Å². The third kappa shape index (κ3) is 3.30. The van der Waals surface area contributed by atoms with Crippen LogP contribution in [0.2, 0.25) is 0 Å². The Kier molecular flexibility index (Phi) is 4.39. The molecule has 2 heterocycles. The van der Waals surface area contributed by atoms with Gasteiger partial charge in [-0.15, -0.1) is 0 Å². The van der Waals surface area contributed by atoms with E-state index in [1.54, 1.807) is 23.0 Å². The van der Waals surface area contributed by atoms with Crippen molar-refractivity contribution in [3.05, 3.63) is 71.9 Å². The fourth-order valence-corrected chi connectivity index (χ4v) is 3.39. The number of hydrogen-bond acceptors (Lipinski definition) is 3. The number of nitrogens with zero attached hydrogens (tertiary/aromatic N) is 2. The second-order valence-electron chi connectivity index (χ2n) is 6.83. The second kappa shape index (κ2) is 6.87. The number of benzene rings is 2. The molecule has 2 aromatic carbocycles. The van der Waals surface area contributed by atoms with Crippen LogP contribution >= 0.6 is 0 Å². The van der Waals surface area contributed by atoms with Crippen molar-refractivity contribution in [2.75, 3.05) is 5.32 Å². The molecule has 0 saturated carbocycles. The smallest absolute Gasteiger partial charge is 0.226 e. The maximum absolute atomic E-state index is 13.3. The van der Waals surface area contributed by atoms with Crippen LogP contribution in [-0.4, -0.2) is 21.6 Å². The van der Waals surface area contributed by atoms with Gasteiger partial charge in [0.2, 0.25) is 5.91 Å². The Balaban J connectivity index is 1.79. The van der Waals surface area contributed by atoms with Crippen molar-refractivity contribution in [2.45, 2.75) is 32.3 Å². The zero-order valence-electron chi connectivity index (χ0n) is 15.1. The maximum Gasteiger partial charge on any atom is 0.226 e. The van der Waals surface area contributed by atoms with Crippen LogP contribution in [0.3, 0.4) is 0 Å². The molecule has 6 heteroatoms. The molecule has 27 heavy (non-hydrogen) atoms. The highest BCUT2D eigenvalue weighted by molar-refractivity contribution is 5.94. The van der Waals surface area contributed by atoms with E-state index in [9.17, 15) is 9.18 Å². The van der Waals surface area contributed by atoms with Gasteiger partial charge in [0, 0.05) is 23.6 Å². The first-order chi connectivity index (χ1) is 13.0. The van der Waals surface area contributed by atoms with Crippen LogP contribution in [0.1, 0.15) is 37.4 Å². The number of amides is 1. The summed E-state index contributed by atoms with van der Waals surface area (Å²) in [4.78, 5) is 17.0. The van der Waals surface area contributed by atoms with Crippen LogP contribution in [0.5, 0.6) is 5.75 Å². The van der Waals surface area contributed by atoms with Gasteiger partial charge >= 0.3 is 0 Å². The van der Waals surface area contributed by atoms with Gasteiger partial charge in [-0.1, -0.05) is 18.2 Å². The van der Waals surface area contributed by atoms with Crippen LogP contribution in [0.25, 0.3) is 5.69 Å². The molecule has 0 bridgehead atoms. The number of imidazole rings is 1. The summed E-state index contributed by atoms with van der Waals surface area (Å²) in [5.74, 6) is 0.771. The van der Waals surface area contributed by atoms with Gasteiger partial charge in [-0.05, 0) is 44.2 Å². The Labute approximate surface area is 156 Å². The first-order valence-electron chi connectivity index (χ1n) is 8.91. The summed E-state index contributed by atoms with van der Waals surface area (Å²) in [5.41, 5.74) is 2.45. The molecule has 1 N–H and O–H groups in total.